The van der Waals surface area contributed by atoms with Crippen molar-refractivity contribution in [3.05, 3.63) is 29.6 Å². The van der Waals surface area contributed by atoms with Crippen molar-refractivity contribution < 1.29 is 0 Å². The van der Waals surface area contributed by atoms with Gasteiger partial charge in [-0.15, -0.1) is 0 Å². The molecule has 0 unspecified atom stereocenters. The Kier molecular flexibility index (Phi) is 3.36. The van der Waals surface area contributed by atoms with E-state index in [0.29, 0.717) is 6.04 Å². The summed E-state index contributed by atoms with van der Waals surface area (Å²) in [5.74, 6) is 1.03. The Hall–Kier alpha value is -1.65. The van der Waals surface area contributed by atoms with Gasteiger partial charge in [0.25, 0.3) is 0 Å². The molecule has 3 rings (SSSR count). The first-order chi connectivity index (χ1) is 9.24. The SMILES string of the molecule is Cc1cc(C)n(Cc2ncnn2C2CCCCC2)n1. The standard InChI is InChI=1S/C14H21N5/c1-11-8-12(2)18(17-11)9-14-15-10-16-19(14)13-6-4-3-5-7-13/h8,10,13H,3-7,9H2,1-2H3. The molecule has 1 aliphatic carbocycles. The largest absolute Gasteiger partial charge is 0.262 e. The minimum absolute atomic E-state index is 0.531. The summed E-state index contributed by atoms with van der Waals surface area (Å²) < 4.78 is 4.13. The van der Waals surface area contributed by atoms with Crippen LogP contribution >= 0.6 is 0 Å². The topological polar surface area (TPSA) is 48.5 Å². The molecule has 0 saturated heterocycles. The van der Waals surface area contributed by atoms with Crippen molar-refractivity contribution in [1.82, 2.24) is 24.5 Å². The molecule has 0 aromatic carbocycles. The van der Waals surface area contributed by atoms with E-state index in [9.17, 15) is 0 Å². The third kappa shape index (κ3) is 2.55. The van der Waals surface area contributed by atoms with Crippen molar-refractivity contribution in [2.45, 2.75) is 58.5 Å². The van der Waals surface area contributed by atoms with E-state index in [1.165, 1.54) is 37.8 Å². The van der Waals surface area contributed by atoms with Crippen LogP contribution in [0.25, 0.3) is 0 Å². The van der Waals surface area contributed by atoms with Gasteiger partial charge in [0, 0.05) is 5.69 Å². The minimum Gasteiger partial charge on any atom is -0.262 e. The second kappa shape index (κ2) is 5.15. The Morgan fingerprint density at radius 1 is 1.21 bits per heavy atom. The molecule has 0 bridgehead atoms. The third-order valence-electron chi connectivity index (χ3n) is 3.96. The van der Waals surface area contributed by atoms with Gasteiger partial charge in [0.2, 0.25) is 0 Å². The minimum atomic E-state index is 0.531. The van der Waals surface area contributed by atoms with Gasteiger partial charge in [-0.3, -0.25) is 4.68 Å². The first kappa shape index (κ1) is 12.4. The highest BCUT2D eigenvalue weighted by atomic mass is 15.4. The number of aromatic nitrogens is 5. The zero-order valence-electron chi connectivity index (χ0n) is 11.7. The van der Waals surface area contributed by atoms with Gasteiger partial charge in [-0.05, 0) is 32.8 Å². The quantitative estimate of drug-likeness (QED) is 0.851. The monoisotopic (exact) mass is 259 g/mol. The van der Waals surface area contributed by atoms with Crippen LogP contribution in [0.3, 0.4) is 0 Å². The molecule has 19 heavy (non-hydrogen) atoms. The molecular formula is C14H21N5. The summed E-state index contributed by atoms with van der Waals surface area (Å²) in [6, 6.07) is 2.63. The van der Waals surface area contributed by atoms with E-state index >= 15 is 0 Å². The predicted octanol–water partition coefficient (Wildman–Crippen LogP) is 2.64. The van der Waals surface area contributed by atoms with E-state index in [1.54, 1.807) is 6.33 Å². The van der Waals surface area contributed by atoms with Crippen molar-refractivity contribution in [2.24, 2.45) is 0 Å². The third-order valence-corrected chi connectivity index (χ3v) is 3.96. The van der Waals surface area contributed by atoms with E-state index in [-0.39, 0.29) is 0 Å². The number of hydrogen-bond donors (Lipinski definition) is 0. The van der Waals surface area contributed by atoms with Gasteiger partial charge in [0.15, 0.2) is 0 Å². The van der Waals surface area contributed by atoms with Crippen LogP contribution in [0.1, 0.15) is 55.4 Å². The van der Waals surface area contributed by atoms with Crippen molar-refractivity contribution in [1.29, 1.82) is 0 Å². The van der Waals surface area contributed by atoms with Crippen LogP contribution in [0.5, 0.6) is 0 Å². The van der Waals surface area contributed by atoms with Gasteiger partial charge in [-0.1, -0.05) is 19.3 Å². The summed E-state index contributed by atoms with van der Waals surface area (Å²) in [4.78, 5) is 4.43. The highest BCUT2D eigenvalue weighted by Gasteiger charge is 2.19. The van der Waals surface area contributed by atoms with Crippen LogP contribution < -0.4 is 0 Å². The van der Waals surface area contributed by atoms with E-state index in [0.717, 1.165) is 18.1 Å². The molecule has 0 amide bonds. The fourth-order valence-corrected chi connectivity index (χ4v) is 2.99. The lowest BCUT2D eigenvalue weighted by Crippen LogP contribution is -2.19. The normalized spacial score (nSPS) is 16.9. The van der Waals surface area contributed by atoms with Crippen LogP contribution in [-0.4, -0.2) is 24.5 Å². The molecule has 5 nitrogen and oxygen atoms in total. The van der Waals surface area contributed by atoms with Gasteiger partial charge in [-0.2, -0.15) is 10.2 Å². The summed E-state index contributed by atoms with van der Waals surface area (Å²) in [6.45, 7) is 4.83. The molecule has 102 valence electrons. The first-order valence-corrected chi connectivity index (χ1v) is 7.13. The van der Waals surface area contributed by atoms with Crippen molar-refractivity contribution in [2.75, 3.05) is 0 Å². The Morgan fingerprint density at radius 3 is 2.68 bits per heavy atom. The number of hydrogen-bond acceptors (Lipinski definition) is 3. The van der Waals surface area contributed by atoms with Gasteiger partial charge in [-0.25, -0.2) is 9.67 Å². The lowest BCUT2D eigenvalue weighted by Gasteiger charge is -2.23. The van der Waals surface area contributed by atoms with Crippen LogP contribution in [-0.2, 0) is 6.54 Å². The Morgan fingerprint density at radius 2 is 2.00 bits per heavy atom. The van der Waals surface area contributed by atoms with E-state index in [1.807, 2.05) is 11.6 Å². The second-order valence-corrected chi connectivity index (χ2v) is 5.50. The molecule has 2 aromatic heterocycles. The Bertz CT molecular complexity index is 548. The molecule has 5 heteroatoms. The maximum absolute atomic E-state index is 4.51. The van der Waals surface area contributed by atoms with Gasteiger partial charge in [0.1, 0.15) is 18.7 Å². The average Bonchev–Trinajstić information content (AvgIpc) is 2.98. The second-order valence-electron chi connectivity index (χ2n) is 5.50. The van der Waals surface area contributed by atoms with E-state index in [4.69, 9.17) is 0 Å². The van der Waals surface area contributed by atoms with Crippen molar-refractivity contribution >= 4 is 0 Å². The lowest BCUT2D eigenvalue weighted by molar-refractivity contribution is 0.318. The van der Waals surface area contributed by atoms with Crippen molar-refractivity contribution in [3.63, 3.8) is 0 Å². The molecule has 2 aromatic rings. The lowest BCUT2D eigenvalue weighted by atomic mass is 9.95. The summed E-state index contributed by atoms with van der Waals surface area (Å²) in [6.07, 6.45) is 8.11. The maximum Gasteiger partial charge on any atom is 0.148 e. The molecule has 0 N–H and O–H groups in total. The Balaban J connectivity index is 1.81. The number of aryl methyl sites for hydroxylation is 2. The fourth-order valence-electron chi connectivity index (χ4n) is 2.99. The summed E-state index contributed by atoms with van der Waals surface area (Å²) in [5.41, 5.74) is 2.23. The first-order valence-electron chi connectivity index (χ1n) is 7.13. The van der Waals surface area contributed by atoms with Crippen LogP contribution in [0, 0.1) is 13.8 Å². The van der Waals surface area contributed by atoms with Gasteiger partial charge >= 0.3 is 0 Å². The highest BCUT2D eigenvalue weighted by Crippen LogP contribution is 2.28. The average molecular weight is 259 g/mol. The molecule has 0 atom stereocenters. The van der Waals surface area contributed by atoms with Crippen LogP contribution in [0.4, 0.5) is 0 Å². The molecule has 1 aliphatic rings. The van der Waals surface area contributed by atoms with E-state index in [2.05, 4.69) is 32.9 Å². The summed E-state index contributed by atoms with van der Waals surface area (Å²) in [5, 5.41) is 8.94. The highest BCUT2D eigenvalue weighted by molar-refractivity contribution is 5.08. The zero-order valence-corrected chi connectivity index (χ0v) is 11.7. The molecule has 0 aliphatic heterocycles. The number of nitrogens with zero attached hydrogens (tertiary/aromatic N) is 5. The van der Waals surface area contributed by atoms with Crippen molar-refractivity contribution in [3.8, 4) is 0 Å². The Labute approximate surface area is 113 Å². The molecule has 2 heterocycles. The molecule has 0 spiro atoms. The van der Waals surface area contributed by atoms with Gasteiger partial charge in [0.05, 0.1) is 11.7 Å². The van der Waals surface area contributed by atoms with Gasteiger partial charge < -0.3 is 0 Å². The number of rotatable bonds is 3. The predicted molar refractivity (Wildman–Crippen MR) is 72.9 cm³/mol. The fraction of sp³-hybridized carbons (Fsp3) is 0.643. The summed E-state index contributed by atoms with van der Waals surface area (Å²) >= 11 is 0. The summed E-state index contributed by atoms with van der Waals surface area (Å²) in [7, 11) is 0. The smallest absolute Gasteiger partial charge is 0.148 e. The maximum atomic E-state index is 4.51. The van der Waals surface area contributed by atoms with E-state index < -0.39 is 0 Å². The molecule has 1 fully saturated rings. The molecule has 1 saturated carbocycles. The molecular weight excluding hydrogens is 238 g/mol. The molecule has 0 radical (unpaired) electrons. The zero-order chi connectivity index (χ0) is 13.2. The van der Waals surface area contributed by atoms with Crippen LogP contribution in [0.2, 0.25) is 0 Å². The van der Waals surface area contributed by atoms with Crippen LogP contribution in [0.15, 0.2) is 12.4 Å².